The molecule has 1 aliphatic rings. The second kappa shape index (κ2) is 6.37. The number of hydrogen-bond acceptors (Lipinski definition) is 6. The van der Waals surface area contributed by atoms with E-state index in [1.54, 1.807) is 0 Å². The third-order valence-corrected chi connectivity index (χ3v) is 4.07. The topological polar surface area (TPSA) is 128 Å². The SMILES string of the molecule is Cc1ccc(CC2=C(C#N)C(O)=C(O)C(O)(O)C2C#N)c(C(F)(F)F)c1. The third-order valence-electron chi connectivity index (χ3n) is 4.07. The summed E-state index contributed by atoms with van der Waals surface area (Å²) in [6.45, 7) is 1.46. The van der Waals surface area contributed by atoms with Gasteiger partial charge in [0.25, 0.3) is 0 Å². The van der Waals surface area contributed by atoms with Gasteiger partial charge in [-0.2, -0.15) is 23.7 Å². The van der Waals surface area contributed by atoms with Crippen LogP contribution in [0.15, 0.2) is 40.9 Å². The molecule has 0 radical (unpaired) electrons. The van der Waals surface area contributed by atoms with Crippen LogP contribution in [0, 0.1) is 35.5 Å². The standard InChI is InChI=1S/C17H13F3N2O4/c1-8-2-3-9(12(4-8)17(18,19)20)5-10-11(6-21)14(23)15(24)16(25,26)13(10)7-22/h2-4,13,23-26H,5H2,1H3. The van der Waals surface area contributed by atoms with Crippen molar-refractivity contribution in [3.05, 3.63) is 57.6 Å². The van der Waals surface area contributed by atoms with Crippen molar-refractivity contribution >= 4 is 0 Å². The third kappa shape index (κ3) is 3.10. The van der Waals surface area contributed by atoms with Gasteiger partial charge in [0.05, 0.1) is 17.2 Å². The number of hydrogen-bond donors (Lipinski definition) is 4. The van der Waals surface area contributed by atoms with Gasteiger partial charge in [-0.15, -0.1) is 0 Å². The predicted molar refractivity (Wildman–Crippen MR) is 81.1 cm³/mol. The van der Waals surface area contributed by atoms with E-state index in [1.165, 1.54) is 25.1 Å². The van der Waals surface area contributed by atoms with Crippen molar-refractivity contribution in [2.75, 3.05) is 0 Å². The van der Waals surface area contributed by atoms with E-state index in [-0.39, 0.29) is 5.56 Å². The minimum absolute atomic E-state index is 0.323. The summed E-state index contributed by atoms with van der Waals surface area (Å²) in [6, 6.07) is 6.34. The van der Waals surface area contributed by atoms with E-state index in [2.05, 4.69) is 0 Å². The summed E-state index contributed by atoms with van der Waals surface area (Å²) in [5.41, 5.74) is -2.13. The Balaban J connectivity index is 2.70. The average Bonchev–Trinajstić information content (AvgIpc) is 2.54. The number of nitriles is 2. The Morgan fingerprint density at radius 3 is 2.31 bits per heavy atom. The molecule has 0 amide bonds. The normalized spacial score (nSPS) is 19.9. The number of aliphatic hydroxyl groups is 4. The fourth-order valence-corrected chi connectivity index (χ4v) is 2.77. The van der Waals surface area contributed by atoms with E-state index in [9.17, 15) is 44.1 Å². The van der Waals surface area contributed by atoms with E-state index in [1.807, 2.05) is 0 Å². The maximum Gasteiger partial charge on any atom is 0.416 e. The lowest BCUT2D eigenvalue weighted by molar-refractivity contribution is -0.174. The molecular formula is C17H13F3N2O4. The fraction of sp³-hybridized carbons (Fsp3) is 0.294. The van der Waals surface area contributed by atoms with Crippen LogP contribution in [0.3, 0.4) is 0 Å². The number of aliphatic hydroxyl groups excluding tert-OH is 2. The largest absolute Gasteiger partial charge is 0.504 e. The van der Waals surface area contributed by atoms with E-state index in [0.717, 1.165) is 12.1 Å². The molecule has 1 unspecified atom stereocenters. The van der Waals surface area contributed by atoms with Crippen molar-refractivity contribution in [1.82, 2.24) is 0 Å². The molecule has 1 atom stereocenters. The highest BCUT2D eigenvalue weighted by atomic mass is 19.4. The first-order valence-electron chi connectivity index (χ1n) is 7.22. The minimum atomic E-state index is -4.72. The highest BCUT2D eigenvalue weighted by molar-refractivity contribution is 5.53. The molecule has 0 aromatic heterocycles. The van der Waals surface area contributed by atoms with E-state index in [0.29, 0.717) is 5.56 Å². The Hall–Kier alpha value is -3.01. The quantitative estimate of drug-likeness (QED) is 0.596. The molecule has 1 aliphatic carbocycles. The van der Waals surface area contributed by atoms with E-state index < -0.39 is 52.5 Å². The zero-order valence-corrected chi connectivity index (χ0v) is 13.3. The molecule has 0 heterocycles. The smallest absolute Gasteiger partial charge is 0.416 e. The van der Waals surface area contributed by atoms with Crippen molar-refractivity contribution < 1.29 is 33.6 Å². The van der Waals surface area contributed by atoms with Gasteiger partial charge in [-0.1, -0.05) is 17.7 Å². The van der Waals surface area contributed by atoms with E-state index >= 15 is 0 Å². The number of allylic oxidation sites excluding steroid dienone is 1. The van der Waals surface area contributed by atoms with Crippen LogP contribution in [0.2, 0.25) is 0 Å². The van der Waals surface area contributed by atoms with Gasteiger partial charge in [0.1, 0.15) is 12.0 Å². The van der Waals surface area contributed by atoms with Crippen molar-refractivity contribution in [3.8, 4) is 12.1 Å². The molecule has 0 aliphatic heterocycles. The first-order valence-corrected chi connectivity index (χ1v) is 7.22. The first kappa shape index (κ1) is 19.3. The van der Waals surface area contributed by atoms with E-state index in [4.69, 9.17) is 0 Å². The highest BCUT2D eigenvalue weighted by Crippen LogP contribution is 2.41. The molecule has 0 fully saturated rings. The summed E-state index contributed by atoms with van der Waals surface area (Å²) < 4.78 is 39.9. The molecule has 0 bridgehead atoms. The maximum atomic E-state index is 13.3. The molecule has 0 spiro atoms. The summed E-state index contributed by atoms with van der Waals surface area (Å²) in [5, 5.41) is 57.6. The van der Waals surface area contributed by atoms with Crippen LogP contribution in [0.5, 0.6) is 0 Å². The molecule has 2 rings (SSSR count). The Morgan fingerprint density at radius 2 is 1.81 bits per heavy atom. The molecule has 6 nitrogen and oxygen atoms in total. The van der Waals surface area contributed by atoms with Gasteiger partial charge in [0, 0.05) is 0 Å². The molecule has 9 heteroatoms. The molecular weight excluding hydrogens is 353 g/mol. The number of aryl methyl sites for hydroxylation is 1. The van der Waals surface area contributed by atoms with Crippen LogP contribution in [0.4, 0.5) is 13.2 Å². The van der Waals surface area contributed by atoms with Gasteiger partial charge < -0.3 is 20.4 Å². The maximum absolute atomic E-state index is 13.3. The van der Waals surface area contributed by atoms with Crippen LogP contribution < -0.4 is 0 Å². The van der Waals surface area contributed by atoms with Gasteiger partial charge in [0.15, 0.2) is 11.5 Å². The minimum Gasteiger partial charge on any atom is -0.504 e. The molecule has 4 N–H and O–H groups in total. The highest BCUT2D eigenvalue weighted by Gasteiger charge is 2.49. The molecule has 0 saturated heterocycles. The molecule has 136 valence electrons. The van der Waals surface area contributed by atoms with Crippen molar-refractivity contribution in [2.24, 2.45) is 5.92 Å². The molecule has 1 aromatic carbocycles. The molecule has 0 saturated carbocycles. The Morgan fingerprint density at radius 1 is 1.19 bits per heavy atom. The zero-order valence-electron chi connectivity index (χ0n) is 13.3. The van der Waals surface area contributed by atoms with Gasteiger partial charge in [-0.05, 0) is 30.5 Å². The number of rotatable bonds is 2. The molecule has 1 aromatic rings. The van der Waals surface area contributed by atoms with Gasteiger partial charge in [-0.3, -0.25) is 0 Å². The van der Waals surface area contributed by atoms with Crippen LogP contribution in [-0.4, -0.2) is 26.2 Å². The lowest BCUT2D eigenvalue weighted by Crippen LogP contribution is -2.44. The van der Waals surface area contributed by atoms with Crippen LogP contribution in [0.25, 0.3) is 0 Å². The monoisotopic (exact) mass is 366 g/mol. The Labute approximate surface area is 146 Å². The number of alkyl halides is 3. The number of nitrogens with zero attached hydrogens (tertiary/aromatic N) is 2. The summed E-state index contributed by atoms with van der Waals surface area (Å²) in [6.07, 6.45) is -5.38. The van der Waals surface area contributed by atoms with Gasteiger partial charge in [-0.25, -0.2) is 0 Å². The fourth-order valence-electron chi connectivity index (χ4n) is 2.77. The van der Waals surface area contributed by atoms with Crippen LogP contribution >= 0.6 is 0 Å². The lowest BCUT2D eigenvalue weighted by atomic mass is 9.78. The number of benzene rings is 1. The first-order chi connectivity index (χ1) is 11.9. The van der Waals surface area contributed by atoms with Crippen LogP contribution in [-0.2, 0) is 12.6 Å². The second-order valence-corrected chi connectivity index (χ2v) is 5.83. The Bertz CT molecular complexity index is 902. The van der Waals surface area contributed by atoms with Crippen molar-refractivity contribution in [1.29, 1.82) is 10.5 Å². The summed E-state index contributed by atoms with van der Waals surface area (Å²) in [7, 11) is 0. The second-order valence-electron chi connectivity index (χ2n) is 5.83. The lowest BCUT2D eigenvalue weighted by Gasteiger charge is -2.32. The Kier molecular flexibility index (Phi) is 4.73. The zero-order chi connectivity index (χ0) is 19.9. The summed E-state index contributed by atoms with van der Waals surface area (Å²) in [5.74, 6) is -7.79. The molecule has 26 heavy (non-hydrogen) atoms. The van der Waals surface area contributed by atoms with Crippen molar-refractivity contribution in [3.63, 3.8) is 0 Å². The summed E-state index contributed by atoms with van der Waals surface area (Å²) >= 11 is 0. The van der Waals surface area contributed by atoms with Gasteiger partial charge in [0.2, 0.25) is 5.79 Å². The predicted octanol–water partition coefficient (Wildman–Crippen LogP) is 2.54. The van der Waals surface area contributed by atoms with Crippen LogP contribution in [0.1, 0.15) is 16.7 Å². The average molecular weight is 366 g/mol. The van der Waals surface area contributed by atoms with Crippen molar-refractivity contribution in [2.45, 2.75) is 25.3 Å². The van der Waals surface area contributed by atoms with Gasteiger partial charge >= 0.3 is 6.18 Å². The number of halogens is 3. The summed E-state index contributed by atoms with van der Waals surface area (Å²) in [4.78, 5) is 0.